The van der Waals surface area contributed by atoms with Crippen LogP contribution in [0.15, 0.2) is 24.5 Å². The zero-order valence-electron chi connectivity index (χ0n) is 10.9. The molecule has 7 heteroatoms. The molecule has 3 N–H and O–H groups in total. The number of anilines is 3. The number of halogens is 2. The van der Waals surface area contributed by atoms with E-state index in [4.69, 9.17) is 10.5 Å². The number of nitrogen functional groups attached to an aromatic ring is 1. The van der Waals surface area contributed by atoms with Gasteiger partial charge in [0.15, 0.2) is 5.82 Å². The van der Waals surface area contributed by atoms with Gasteiger partial charge in [0.25, 0.3) is 0 Å². The lowest BCUT2D eigenvalue weighted by atomic mass is 10.3. The van der Waals surface area contributed by atoms with Crippen LogP contribution in [0.4, 0.5) is 26.0 Å². The van der Waals surface area contributed by atoms with Gasteiger partial charge in [-0.25, -0.2) is 13.8 Å². The van der Waals surface area contributed by atoms with E-state index in [9.17, 15) is 8.78 Å². The maximum atomic E-state index is 13.6. The lowest BCUT2D eigenvalue weighted by Crippen LogP contribution is -2.07. The molecule has 1 heterocycles. The van der Waals surface area contributed by atoms with Gasteiger partial charge in [-0.05, 0) is 18.6 Å². The first-order valence-corrected chi connectivity index (χ1v) is 6.07. The molecule has 1 aromatic carbocycles. The summed E-state index contributed by atoms with van der Waals surface area (Å²) in [5.41, 5.74) is 5.60. The number of para-hydroxylation sites is 1. The Balaban J connectivity index is 2.30. The van der Waals surface area contributed by atoms with E-state index >= 15 is 0 Å². The molecule has 1 aromatic heterocycles. The van der Waals surface area contributed by atoms with Crippen LogP contribution < -0.4 is 15.8 Å². The molecule has 0 aliphatic heterocycles. The molecule has 0 radical (unpaired) electrons. The summed E-state index contributed by atoms with van der Waals surface area (Å²) in [6, 6.07) is 3.55. The Morgan fingerprint density at radius 2 is 1.95 bits per heavy atom. The smallest absolute Gasteiger partial charge is 0.242 e. The van der Waals surface area contributed by atoms with Gasteiger partial charge in [-0.3, -0.25) is 0 Å². The molecule has 20 heavy (non-hydrogen) atoms. The highest BCUT2D eigenvalue weighted by atomic mass is 19.1. The first-order chi connectivity index (χ1) is 9.63. The molecule has 0 saturated carbocycles. The van der Waals surface area contributed by atoms with E-state index in [2.05, 4.69) is 15.3 Å². The highest BCUT2D eigenvalue weighted by Gasteiger charge is 2.14. The van der Waals surface area contributed by atoms with Crippen LogP contribution in [0.2, 0.25) is 0 Å². The molecule has 0 aliphatic rings. The van der Waals surface area contributed by atoms with E-state index in [0.29, 0.717) is 6.61 Å². The van der Waals surface area contributed by atoms with Crippen molar-refractivity contribution in [2.24, 2.45) is 0 Å². The van der Waals surface area contributed by atoms with Crippen molar-refractivity contribution in [3.05, 3.63) is 36.2 Å². The van der Waals surface area contributed by atoms with E-state index in [1.165, 1.54) is 12.4 Å². The summed E-state index contributed by atoms with van der Waals surface area (Å²) < 4.78 is 32.4. The summed E-state index contributed by atoms with van der Waals surface area (Å²) in [6.07, 6.45) is 2.00. The van der Waals surface area contributed by atoms with Gasteiger partial charge in [0.2, 0.25) is 5.88 Å². The summed E-state index contributed by atoms with van der Waals surface area (Å²) in [6.45, 7) is 2.37. The number of hydrogen-bond donors (Lipinski definition) is 2. The number of nitrogens with zero attached hydrogens (tertiary/aromatic N) is 2. The van der Waals surface area contributed by atoms with Gasteiger partial charge in [0.1, 0.15) is 29.3 Å². The Labute approximate surface area is 114 Å². The summed E-state index contributed by atoms with van der Waals surface area (Å²) in [5.74, 6) is -1.20. The van der Waals surface area contributed by atoms with Crippen LogP contribution in [0.3, 0.4) is 0 Å². The standard InChI is InChI=1S/C13H14F2N4O/c1-2-6-20-13-10(16)12(17-7-18-13)19-11-8(14)4-3-5-9(11)15/h3-5,7H,2,6,16H2,1H3,(H,17,18,19). The molecule has 106 valence electrons. The molecule has 5 nitrogen and oxygen atoms in total. The van der Waals surface area contributed by atoms with Crippen molar-refractivity contribution >= 4 is 17.2 Å². The third-order valence-electron chi connectivity index (χ3n) is 2.50. The molecule has 0 atom stereocenters. The minimum absolute atomic E-state index is 0.0927. The third kappa shape index (κ3) is 2.93. The second-order valence-electron chi connectivity index (χ2n) is 4.01. The van der Waals surface area contributed by atoms with Crippen LogP contribution in [0.1, 0.15) is 13.3 Å². The largest absolute Gasteiger partial charge is 0.476 e. The van der Waals surface area contributed by atoms with Crippen LogP contribution in [0.25, 0.3) is 0 Å². The zero-order chi connectivity index (χ0) is 14.5. The zero-order valence-corrected chi connectivity index (χ0v) is 10.9. The van der Waals surface area contributed by atoms with Crippen molar-refractivity contribution in [1.82, 2.24) is 9.97 Å². The Bertz CT molecular complexity index is 587. The van der Waals surface area contributed by atoms with E-state index in [1.807, 2.05) is 6.92 Å². The number of rotatable bonds is 5. The topological polar surface area (TPSA) is 73.1 Å². The van der Waals surface area contributed by atoms with E-state index < -0.39 is 11.6 Å². The third-order valence-corrected chi connectivity index (χ3v) is 2.50. The highest BCUT2D eigenvalue weighted by Crippen LogP contribution is 2.29. The van der Waals surface area contributed by atoms with Crippen molar-refractivity contribution < 1.29 is 13.5 Å². The monoisotopic (exact) mass is 280 g/mol. The van der Waals surface area contributed by atoms with Crippen LogP contribution >= 0.6 is 0 Å². The molecular weight excluding hydrogens is 266 g/mol. The van der Waals surface area contributed by atoms with Gasteiger partial charge in [-0.1, -0.05) is 13.0 Å². The van der Waals surface area contributed by atoms with Gasteiger partial charge in [-0.15, -0.1) is 0 Å². The maximum Gasteiger partial charge on any atom is 0.242 e. The molecule has 0 aliphatic carbocycles. The van der Waals surface area contributed by atoms with Crippen molar-refractivity contribution in [3.63, 3.8) is 0 Å². The predicted octanol–water partition coefficient (Wildman–Crippen LogP) is 2.87. The average Bonchev–Trinajstić information content (AvgIpc) is 2.43. The second kappa shape index (κ2) is 6.14. The van der Waals surface area contributed by atoms with E-state index in [-0.39, 0.29) is 23.1 Å². The van der Waals surface area contributed by atoms with Crippen LogP contribution in [0.5, 0.6) is 5.88 Å². The minimum Gasteiger partial charge on any atom is -0.476 e. The first-order valence-electron chi connectivity index (χ1n) is 6.07. The van der Waals surface area contributed by atoms with Gasteiger partial charge in [0.05, 0.1) is 6.61 Å². The minimum atomic E-state index is -0.737. The fraction of sp³-hybridized carbons (Fsp3) is 0.231. The Kier molecular flexibility index (Phi) is 4.29. The molecule has 0 saturated heterocycles. The van der Waals surface area contributed by atoms with Gasteiger partial charge in [0, 0.05) is 0 Å². The number of nitrogens with one attached hydrogen (secondary N) is 1. The first kappa shape index (κ1) is 14.0. The quantitative estimate of drug-likeness (QED) is 0.881. The van der Waals surface area contributed by atoms with E-state index in [1.54, 1.807) is 0 Å². The Morgan fingerprint density at radius 3 is 2.60 bits per heavy atom. The molecule has 0 spiro atoms. The lowest BCUT2D eigenvalue weighted by molar-refractivity contribution is 0.307. The van der Waals surface area contributed by atoms with Crippen molar-refractivity contribution in [1.29, 1.82) is 0 Å². The van der Waals surface area contributed by atoms with Crippen molar-refractivity contribution in [2.75, 3.05) is 17.7 Å². The highest BCUT2D eigenvalue weighted by molar-refractivity contribution is 5.72. The Morgan fingerprint density at radius 1 is 1.25 bits per heavy atom. The maximum absolute atomic E-state index is 13.6. The van der Waals surface area contributed by atoms with Gasteiger partial charge >= 0.3 is 0 Å². The summed E-state index contributed by atoms with van der Waals surface area (Å²) in [5, 5.41) is 2.52. The fourth-order valence-corrected chi connectivity index (χ4v) is 1.53. The van der Waals surface area contributed by atoms with Crippen molar-refractivity contribution in [3.8, 4) is 5.88 Å². The summed E-state index contributed by atoms with van der Waals surface area (Å²) in [4.78, 5) is 7.74. The molecule has 2 aromatic rings. The van der Waals surface area contributed by atoms with E-state index in [0.717, 1.165) is 18.6 Å². The molecule has 0 fully saturated rings. The molecule has 2 rings (SSSR count). The number of hydrogen-bond acceptors (Lipinski definition) is 5. The van der Waals surface area contributed by atoms with Crippen LogP contribution in [0, 0.1) is 11.6 Å². The number of aromatic nitrogens is 2. The van der Waals surface area contributed by atoms with Gasteiger partial charge < -0.3 is 15.8 Å². The Hall–Kier alpha value is -2.44. The second-order valence-corrected chi connectivity index (χ2v) is 4.01. The van der Waals surface area contributed by atoms with Crippen molar-refractivity contribution in [2.45, 2.75) is 13.3 Å². The number of nitrogens with two attached hydrogens (primary N) is 1. The molecule has 0 unspecified atom stereocenters. The summed E-state index contributed by atoms with van der Waals surface area (Å²) in [7, 11) is 0. The SMILES string of the molecule is CCCOc1ncnc(Nc2c(F)cccc2F)c1N. The van der Waals surface area contributed by atoms with Crippen LogP contribution in [-0.2, 0) is 0 Å². The molecular formula is C13H14F2N4O. The normalized spacial score (nSPS) is 10.3. The van der Waals surface area contributed by atoms with Gasteiger partial charge in [-0.2, -0.15) is 4.98 Å². The molecule has 0 bridgehead atoms. The number of ether oxygens (including phenoxy) is 1. The summed E-state index contributed by atoms with van der Waals surface area (Å²) >= 11 is 0. The average molecular weight is 280 g/mol. The lowest BCUT2D eigenvalue weighted by Gasteiger charge is -2.12. The predicted molar refractivity (Wildman–Crippen MR) is 71.9 cm³/mol. The number of benzene rings is 1. The fourth-order valence-electron chi connectivity index (χ4n) is 1.53. The van der Waals surface area contributed by atoms with Crippen LogP contribution in [-0.4, -0.2) is 16.6 Å². The molecule has 0 amide bonds.